The quantitative estimate of drug-likeness (QED) is 0.712. The van der Waals surface area contributed by atoms with E-state index in [0.717, 1.165) is 0 Å². The summed E-state index contributed by atoms with van der Waals surface area (Å²) >= 11 is 0. The Kier molecular flexibility index (Phi) is 18.2. The van der Waals surface area contributed by atoms with E-state index in [9.17, 15) is 0 Å². The summed E-state index contributed by atoms with van der Waals surface area (Å²) in [4.78, 5) is 0. The van der Waals surface area contributed by atoms with Gasteiger partial charge in [0.2, 0.25) is 0 Å². The maximum atomic E-state index is 5.63. The minimum Gasteiger partial charge on any atom is -0.328 e. The fourth-order valence-electron chi connectivity index (χ4n) is 1.13. The fraction of sp³-hybridized carbons (Fsp3) is 1.00. The van der Waals surface area contributed by atoms with E-state index < -0.39 is 0 Å². The van der Waals surface area contributed by atoms with Crippen molar-refractivity contribution in [2.75, 3.05) is 0 Å². The molecule has 2 N–H and O–H groups in total. The molecule has 0 atom stereocenters. The largest absolute Gasteiger partial charge is 0.328 e. The van der Waals surface area contributed by atoms with Crippen LogP contribution in [0.4, 0.5) is 0 Å². The third-order valence-corrected chi connectivity index (χ3v) is 1.65. The van der Waals surface area contributed by atoms with Gasteiger partial charge in [-0.05, 0) is 12.8 Å². The average molecular weight is 263 g/mol. The predicted octanol–water partition coefficient (Wildman–Crippen LogP) is 2.12. The van der Waals surface area contributed by atoms with Gasteiger partial charge in [0, 0.05) is 32.2 Å². The Hall–Kier alpha value is 1.42. The maximum Gasteiger partial charge on any atom is 0.00388 e. The van der Waals surface area contributed by atoms with Gasteiger partial charge in [0.25, 0.3) is 0 Å². The molecule has 0 radical (unpaired) electrons. The molecule has 0 unspecified atom stereocenters. The molecule has 0 aromatic carbocycles. The van der Waals surface area contributed by atoms with Crippen LogP contribution in [0.3, 0.4) is 0 Å². The first kappa shape index (κ1) is 17.5. The molecule has 0 bridgehead atoms. The van der Waals surface area contributed by atoms with Gasteiger partial charge in [0.1, 0.15) is 0 Å². The zero-order valence-electron chi connectivity index (χ0n) is 6.01. The van der Waals surface area contributed by atoms with Gasteiger partial charge < -0.3 is 5.73 Å². The molecule has 62 valence electrons. The third kappa shape index (κ3) is 7.53. The van der Waals surface area contributed by atoms with Crippen molar-refractivity contribution in [2.45, 2.75) is 38.1 Å². The molecule has 0 spiro atoms. The summed E-state index contributed by atoms with van der Waals surface area (Å²) in [7, 11) is 0. The van der Waals surface area contributed by atoms with Crippen LogP contribution in [0.5, 0.6) is 0 Å². The second-order valence-electron chi connectivity index (χ2n) is 2.40. The molecule has 0 heterocycles. The van der Waals surface area contributed by atoms with Crippen LogP contribution in [0.15, 0.2) is 0 Å². The van der Waals surface area contributed by atoms with Crippen molar-refractivity contribution in [1.82, 2.24) is 0 Å². The monoisotopic (exact) mass is 261 g/mol. The van der Waals surface area contributed by atoms with Crippen molar-refractivity contribution >= 4 is 24.8 Å². The summed E-state index contributed by atoms with van der Waals surface area (Å²) in [6, 6.07) is 0.536. The second kappa shape index (κ2) is 10.4. The van der Waals surface area contributed by atoms with Crippen molar-refractivity contribution in [1.29, 1.82) is 0 Å². The third-order valence-electron chi connectivity index (χ3n) is 1.65. The molecule has 1 aliphatic carbocycles. The van der Waals surface area contributed by atoms with Crippen LogP contribution < -0.4 is 5.73 Å². The number of hydrogen-bond acceptors (Lipinski definition) is 1. The summed E-state index contributed by atoms with van der Waals surface area (Å²) in [6.07, 6.45) is 6.66. The van der Waals surface area contributed by atoms with E-state index in [2.05, 4.69) is 0 Å². The predicted molar refractivity (Wildman–Crippen MR) is 45.6 cm³/mol. The second-order valence-corrected chi connectivity index (χ2v) is 2.40. The van der Waals surface area contributed by atoms with Gasteiger partial charge in [-0.15, -0.1) is 24.8 Å². The van der Waals surface area contributed by atoms with Gasteiger partial charge in [-0.2, -0.15) is 0 Å². The molecule has 4 heteroatoms. The summed E-state index contributed by atoms with van der Waals surface area (Å²) in [5, 5.41) is 0. The zero-order valence-corrected chi connectivity index (χ0v) is 10.1. The van der Waals surface area contributed by atoms with Crippen molar-refractivity contribution in [2.24, 2.45) is 5.73 Å². The summed E-state index contributed by atoms with van der Waals surface area (Å²) in [6.45, 7) is 0. The van der Waals surface area contributed by atoms with Crippen molar-refractivity contribution < 1.29 is 26.2 Å². The van der Waals surface area contributed by atoms with Gasteiger partial charge in [-0.25, -0.2) is 0 Å². The molecule has 1 rings (SSSR count). The van der Waals surface area contributed by atoms with Gasteiger partial charge in [0.15, 0.2) is 0 Å². The smallest absolute Gasteiger partial charge is 0.00388 e. The van der Waals surface area contributed by atoms with Crippen LogP contribution in [-0.2, 0) is 26.2 Å². The molecule has 1 fully saturated rings. The number of rotatable bonds is 0. The van der Waals surface area contributed by atoms with Crippen molar-refractivity contribution in [3.8, 4) is 0 Å². The van der Waals surface area contributed by atoms with E-state index in [-0.39, 0.29) is 51.0 Å². The van der Waals surface area contributed by atoms with E-state index >= 15 is 0 Å². The van der Waals surface area contributed by atoms with Gasteiger partial charge >= 0.3 is 0 Å². The van der Waals surface area contributed by atoms with E-state index in [1.54, 1.807) is 0 Å². The standard InChI is InChI=1S/C6H13N.2ClH.Zr/c7-6-4-2-1-3-5-6;;;/h6H,1-5,7H2;2*1H;. The summed E-state index contributed by atoms with van der Waals surface area (Å²) in [5.41, 5.74) is 5.63. The Bertz CT molecular complexity index is 57.7. The van der Waals surface area contributed by atoms with Gasteiger partial charge in [0.05, 0.1) is 0 Å². The molecular weight excluding hydrogens is 248 g/mol. The van der Waals surface area contributed by atoms with Gasteiger partial charge in [-0.3, -0.25) is 0 Å². The number of halogens is 2. The molecule has 1 nitrogen and oxygen atoms in total. The molecule has 1 aliphatic rings. The minimum absolute atomic E-state index is 0. The first-order valence-corrected chi connectivity index (χ1v) is 3.15. The van der Waals surface area contributed by atoms with Crippen molar-refractivity contribution in [3.63, 3.8) is 0 Å². The Morgan fingerprint density at radius 3 is 1.50 bits per heavy atom. The Labute approximate surface area is 94.5 Å². The summed E-state index contributed by atoms with van der Waals surface area (Å²) in [5.74, 6) is 0. The molecule has 10 heavy (non-hydrogen) atoms. The van der Waals surface area contributed by atoms with Crippen LogP contribution in [0.2, 0.25) is 0 Å². The van der Waals surface area contributed by atoms with Crippen LogP contribution in [-0.4, -0.2) is 6.04 Å². The van der Waals surface area contributed by atoms with E-state index in [1.165, 1.54) is 32.1 Å². The topological polar surface area (TPSA) is 26.0 Å². The van der Waals surface area contributed by atoms with Crippen molar-refractivity contribution in [3.05, 3.63) is 0 Å². The molecule has 0 amide bonds. The van der Waals surface area contributed by atoms with E-state index in [1.807, 2.05) is 0 Å². The number of hydrogen-bond donors (Lipinski definition) is 1. The number of nitrogens with two attached hydrogens (primary N) is 1. The summed E-state index contributed by atoms with van der Waals surface area (Å²) < 4.78 is 0. The maximum absolute atomic E-state index is 5.63. The first-order chi connectivity index (χ1) is 3.39. The molecule has 1 saturated carbocycles. The molecule has 0 aromatic heterocycles. The fourth-order valence-corrected chi connectivity index (χ4v) is 1.13. The van der Waals surface area contributed by atoms with Crippen LogP contribution in [0.25, 0.3) is 0 Å². The Morgan fingerprint density at radius 1 is 0.900 bits per heavy atom. The molecular formula is C6H15Cl2NZr. The van der Waals surface area contributed by atoms with Crippen LogP contribution in [0.1, 0.15) is 32.1 Å². The van der Waals surface area contributed by atoms with Crippen LogP contribution >= 0.6 is 24.8 Å². The Morgan fingerprint density at radius 2 is 1.30 bits per heavy atom. The molecule has 0 aliphatic heterocycles. The van der Waals surface area contributed by atoms with Gasteiger partial charge in [-0.1, -0.05) is 19.3 Å². The SMILES string of the molecule is Cl.Cl.NC1CCCCC1.[Zr]. The molecule has 0 saturated heterocycles. The normalized spacial score (nSPS) is 17.7. The first-order valence-electron chi connectivity index (χ1n) is 3.15. The minimum atomic E-state index is 0. The Balaban J connectivity index is -0.000000163. The van der Waals surface area contributed by atoms with Crippen LogP contribution in [0, 0.1) is 0 Å². The zero-order chi connectivity index (χ0) is 5.11. The average Bonchev–Trinajstić information content (AvgIpc) is 1.69. The van der Waals surface area contributed by atoms with E-state index in [0.29, 0.717) is 6.04 Å². The van der Waals surface area contributed by atoms with E-state index in [4.69, 9.17) is 5.73 Å². The molecule has 0 aromatic rings.